The first-order valence-electron chi connectivity index (χ1n) is 4.99. The Balaban J connectivity index is 1.96. The maximum Gasteiger partial charge on any atom is 0.151 e. The average Bonchev–Trinajstić information content (AvgIpc) is 2.30. The van der Waals surface area contributed by atoms with Crippen molar-refractivity contribution in [3.05, 3.63) is 18.3 Å². The van der Waals surface area contributed by atoms with Gasteiger partial charge in [-0.05, 0) is 30.9 Å². The first kappa shape index (κ1) is 9.90. The van der Waals surface area contributed by atoms with E-state index in [0.717, 1.165) is 30.2 Å². The molecule has 1 aliphatic heterocycles. The molecule has 14 heavy (non-hydrogen) atoms. The highest BCUT2D eigenvalue weighted by atomic mass is 79.9. The third kappa shape index (κ3) is 2.23. The minimum atomic E-state index is 0.836. The summed E-state index contributed by atoms with van der Waals surface area (Å²) >= 11 is 3.54. The Morgan fingerprint density at radius 3 is 2.79 bits per heavy atom. The van der Waals surface area contributed by atoms with Gasteiger partial charge in [-0.2, -0.15) is 5.10 Å². The summed E-state index contributed by atoms with van der Waals surface area (Å²) in [6, 6.07) is 3.97. The average molecular weight is 256 g/mol. The maximum atomic E-state index is 4.12. The van der Waals surface area contributed by atoms with E-state index in [2.05, 4.69) is 31.0 Å². The Labute approximate surface area is 92.7 Å². The zero-order valence-corrected chi connectivity index (χ0v) is 9.65. The van der Waals surface area contributed by atoms with E-state index in [4.69, 9.17) is 0 Å². The van der Waals surface area contributed by atoms with Crippen LogP contribution in [0.15, 0.2) is 18.3 Å². The van der Waals surface area contributed by atoms with Gasteiger partial charge in [0, 0.05) is 24.6 Å². The lowest BCUT2D eigenvalue weighted by atomic mass is 9.99. The van der Waals surface area contributed by atoms with Gasteiger partial charge in [-0.1, -0.05) is 15.9 Å². The fraction of sp³-hybridized carbons (Fsp3) is 0.600. The van der Waals surface area contributed by atoms with E-state index >= 15 is 0 Å². The van der Waals surface area contributed by atoms with Gasteiger partial charge in [-0.25, -0.2) is 0 Å². The Bertz CT molecular complexity index is 270. The van der Waals surface area contributed by atoms with Gasteiger partial charge in [-0.3, -0.25) is 0 Å². The number of hydrogen-bond acceptors (Lipinski definition) is 3. The Hall–Kier alpha value is -0.640. The van der Waals surface area contributed by atoms with Crippen LogP contribution in [0.3, 0.4) is 0 Å². The highest BCUT2D eigenvalue weighted by Gasteiger charge is 2.18. The minimum absolute atomic E-state index is 0.836. The maximum absolute atomic E-state index is 4.12. The van der Waals surface area contributed by atoms with E-state index in [1.807, 2.05) is 12.1 Å². The summed E-state index contributed by atoms with van der Waals surface area (Å²) in [5, 5.41) is 9.14. The lowest BCUT2D eigenvalue weighted by Crippen LogP contribution is -2.34. The molecule has 4 heteroatoms. The molecule has 3 nitrogen and oxygen atoms in total. The monoisotopic (exact) mass is 255 g/mol. The summed E-state index contributed by atoms with van der Waals surface area (Å²) in [6.45, 7) is 2.21. The van der Waals surface area contributed by atoms with Crippen LogP contribution in [0.25, 0.3) is 0 Å². The summed E-state index contributed by atoms with van der Waals surface area (Å²) in [4.78, 5) is 2.31. The summed E-state index contributed by atoms with van der Waals surface area (Å²) in [5.74, 6) is 1.85. The number of alkyl halides is 1. The second-order valence-electron chi connectivity index (χ2n) is 3.67. The Kier molecular flexibility index (Phi) is 3.35. The molecule has 0 saturated carbocycles. The van der Waals surface area contributed by atoms with Crippen molar-refractivity contribution in [1.29, 1.82) is 0 Å². The number of piperidine rings is 1. The fourth-order valence-electron chi connectivity index (χ4n) is 1.78. The van der Waals surface area contributed by atoms with Crippen molar-refractivity contribution in [2.75, 3.05) is 23.3 Å². The van der Waals surface area contributed by atoms with Gasteiger partial charge >= 0.3 is 0 Å². The summed E-state index contributed by atoms with van der Waals surface area (Å²) in [6.07, 6.45) is 4.22. The highest BCUT2D eigenvalue weighted by Crippen LogP contribution is 2.22. The van der Waals surface area contributed by atoms with Gasteiger partial charge in [0.25, 0.3) is 0 Å². The van der Waals surface area contributed by atoms with Crippen LogP contribution in [-0.4, -0.2) is 28.6 Å². The van der Waals surface area contributed by atoms with Crippen molar-refractivity contribution in [2.45, 2.75) is 12.8 Å². The van der Waals surface area contributed by atoms with Gasteiger partial charge in [0.1, 0.15) is 0 Å². The Morgan fingerprint density at radius 2 is 2.21 bits per heavy atom. The van der Waals surface area contributed by atoms with E-state index in [1.165, 1.54) is 12.8 Å². The molecule has 1 aromatic rings. The molecule has 76 valence electrons. The number of halogens is 1. The van der Waals surface area contributed by atoms with Crippen molar-refractivity contribution >= 4 is 21.7 Å². The number of nitrogens with zero attached hydrogens (tertiary/aromatic N) is 3. The molecule has 0 amide bonds. The van der Waals surface area contributed by atoms with Crippen LogP contribution in [0.5, 0.6) is 0 Å². The van der Waals surface area contributed by atoms with Crippen molar-refractivity contribution in [3.8, 4) is 0 Å². The third-order valence-corrected chi connectivity index (χ3v) is 3.63. The largest absolute Gasteiger partial charge is 0.355 e. The van der Waals surface area contributed by atoms with E-state index in [1.54, 1.807) is 6.20 Å². The van der Waals surface area contributed by atoms with Crippen LogP contribution < -0.4 is 4.90 Å². The number of anilines is 1. The molecule has 1 fully saturated rings. The summed E-state index contributed by atoms with van der Waals surface area (Å²) in [5.41, 5.74) is 0. The molecule has 0 N–H and O–H groups in total. The SMILES string of the molecule is BrCC1CCN(c2cccnn2)CC1. The molecule has 1 aliphatic rings. The first-order chi connectivity index (χ1) is 6.90. The second kappa shape index (κ2) is 4.73. The highest BCUT2D eigenvalue weighted by molar-refractivity contribution is 9.09. The molecule has 1 aromatic heterocycles. The van der Waals surface area contributed by atoms with Gasteiger partial charge in [0.2, 0.25) is 0 Å². The minimum Gasteiger partial charge on any atom is -0.355 e. The number of hydrogen-bond donors (Lipinski definition) is 0. The molecule has 0 unspecified atom stereocenters. The quantitative estimate of drug-likeness (QED) is 0.759. The van der Waals surface area contributed by atoms with E-state index in [-0.39, 0.29) is 0 Å². The van der Waals surface area contributed by atoms with Gasteiger partial charge in [-0.15, -0.1) is 5.10 Å². The standard InChI is InChI=1S/C10H14BrN3/c11-8-9-3-6-14(7-4-9)10-2-1-5-12-13-10/h1-2,5,9H,3-4,6-8H2. The molecular weight excluding hydrogens is 242 g/mol. The molecule has 0 aliphatic carbocycles. The number of aromatic nitrogens is 2. The number of rotatable bonds is 2. The first-order valence-corrected chi connectivity index (χ1v) is 6.11. The lowest BCUT2D eigenvalue weighted by Gasteiger charge is -2.31. The van der Waals surface area contributed by atoms with Crippen LogP contribution in [0.1, 0.15) is 12.8 Å². The zero-order chi connectivity index (χ0) is 9.80. The molecular formula is C10H14BrN3. The van der Waals surface area contributed by atoms with Gasteiger partial charge in [0.05, 0.1) is 0 Å². The molecule has 2 rings (SSSR count). The second-order valence-corrected chi connectivity index (χ2v) is 4.31. The zero-order valence-electron chi connectivity index (χ0n) is 8.06. The Morgan fingerprint density at radius 1 is 1.43 bits per heavy atom. The van der Waals surface area contributed by atoms with Crippen LogP contribution in [0, 0.1) is 5.92 Å². The van der Waals surface area contributed by atoms with Crippen molar-refractivity contribution in [1.82, 2.24) is 10.2 Å². The van der Waals surface area contributed by atoms with Crippen LogP contribution >= 0.6 is 15.9 Å². The van der Waals surface area contributed by atoms with Gasteiger partial charge < -0.3 is 4.90 Å². The molecule has 0 radical (unpaired) electrons. The van der Waals surface area contributed by atoms with Crippen molar-refractivity contribution in [2.24, 2.45) is 5.92 Å². The lowest BCUT2D eigenvalue weighted by molar-refractivity contribution is 0.444. The van der Waals surface area contributed by atoms with Crippen molar-refractivity contribution < 1.29 is 0 Å². The molecule has 1 saturated heterocycles. The van der Waals surface area contributed by atoms with Crippen LogP contribution in [0.4, 0.5) is 5.82 Å². The molecule has 0 atom stereocenters. The molecule has 0 spiro atoms. The third-order valence-electron chi connectivity index (χ3n) is 2.71. The molecule has 0 bridgehead atoms. The van der Waals surface area contributed by atoms with Gasteiger partial charge in [0.15, 0.2) is 5.82 Å². The van der Waals surface area contributed by atoms with Crippen LogP contribution in [0.2, 0.25) is 0 Å². The molecule has 2 heterocycles. The molecule has 0 aromatic carbocycles. The van der Waals surface area contributed by atoms with E-state index < -0.39 is 0 Å². The summed E-state index contributed by atoms with van der Waals surface area (Å²) in [7, 11) is 0. The smallest absolute Gasteiger partial charge is 0.151 e. The normalized spacial score (nSPS) is 18.5. The topological polar surface area (TPSA) is 29.0 Å². The predicted molar refractivity (Wildman–Crippen MR) is 60.8 cm³/mol. The van der Waals surface area contributed by atoms with E-state index in [0.29, 0.717) is 0 Å². The van der Waals surface area contributed by atoms with Crippen LogP contribution in [-0.2, 0) is 0 Å². The predicted octanol–water partition coefficient (Wildman–Crippen LogP) is 2.09. The van der Waals surface area contributed by atoms with E-state index in [9.17, 15) is 0 Å². The van der Waals surface area contributed by atoms with Crippen molar-refractivity contribution in [3.63, 3.8) is 0 Å². The summed E-state index contributed by atoms with van der Waals surface area (Å²) < 4.78 is 0. The fourth-order valence-corrected chi connectivity index (χ4v) is 2.43.